The Morgan fingerprint density at radius 2 is 1.57 bits per heavy atom. The van der Waals surface area contributed by atoms with Crippen LogP contribution in [0.1, 0.15) is 27.7 Å². The summed E-state index contributed by atoms with van der Waals surface area (Å²) < 4.78 is 16.8. The lowest BCUT2D eigenvalue weighted by atomic mass is 10.2. The Morgan fingerprint density at radius 3 is 2.09 bits per heavy atom. The van der Waals surface area contributed by atoms with Crippen molar-refractivity contribution >= 4 is 5.69 Å². The van der Waals surface area contributed by atoms with Crippen molar-refractivity contribution in [1.82, 2.24) is 0 Å². The molecule has 0 aliphatic carbocycles. The van der Waals surface area contributed by atoms with Crippen molar-refractivity contribution in [3.8, 4) is 0 Å². The largest absolute Gasteiger partial charge is 0.389 e. The van der Waals surface area contributed by atoms with Gasteiger partial charge in [0.1, 0.15) is 0 Å². The number of aliphatic hydroxyl groups excluding tert-OH is 1. The quantitative estimate of drug-likeness (QED) is 0.599. The van der Waals surface area contributed by atoms with E-state index in [4.69, 9.17) is 14.2 Å². The molecule has 1 atom stereocenters. The van der Waals surface area contributed by atoms with Gasteiger partial charge in [-0.15, -0.1) is 0 Å². The number of anilines is 1. The molecule has 132 valence electrons. The van der Waals surface area contributed by atoms with Gasteiger partial charge in [-0.2, -0.15) is 0 Å². The SMILES string of the molecule is CCOC(CN(CC(O)COC(C)C)c1ccccc1)OCC. The second-order valence-electron chi connectivity index (χ2n) is 5.62. The average Bonchev–Trinajstić information content (AvgIpc) is 2.53. The molecule has 0 spiro atoms. The minimum Gasteiger partial charge on any atom is -0.389 e. The van der Waals surface area contributed by atoms with Gasteiger partial charge in [0.15, 0.2) is 6.29 Å². The molecule has 1 N–H and O–H groups in total. The lowest BCUT2D eigenvalue weighted by Gasteiger charge is -2.31. The number of hydrogen-bond donors (Lipinski definition) is 1. The van der Waals surface area contributed by atoms with Gasteiger partial charge in [0, 0.05) is 25.4 Å². The second-order valence-corrected chi connectivity index (χ2v) is 5.62. The van der Waals surface area contributed by atoms with Gasteiger partial charge in [-0.05, 0) is 39.8 Å². The van der Waals surface area contributed by atoms with Crippen molar-refractivity contribution in [1.29, 1.82) is 0 Å². The zero-order chi connectivity index (χ0) is 17.1. The lowest BCUT2D eigenvalue weighted by molar-refractivity contribution is -0.130. The smallest absolute Gasteiger partial charge is 0.174 e. The lowest BCUT2D eigenvalue weighted by Crippen LogP contribution is -2.41. The first-order valence-corrected chi connectivity index (χ1v) is 8.39. The van der Waals surface area contributed by atoms with E-state index < -0.39 is 6.10 Å². The topological polar surface area (TPSA) is 51.2 Å². The van der Waals surface area contributed by atoms with E-state index >= 15 is 0 Å². The maximum atomic E-state index is 10.3. The van der Waals surface area contributed by atoms with Crippen molar-refractivity contribution in [3.63, 3.8) is 0 Å². The second kappa shape index (κ2) is 11.4. The van der Waals surface area contributed by atoms with E-state index in [1.165, 1.54) is 0 Å². The van der Waals surface area contributed by atoms with Gasteiger partial charge < -0.3 is 24.2 Å². The predicted octanol–water partition coefficient (Wildman–Crippen LogP) is 2.68. The summed E-state index contributed by atoms with van der Waals surface area (Å²) in [5.74, 6) is 0. The molecule has 23 heavy (non-hydrogen) atoms. The van der Waals surface area contributed by atoms with Gasteiger partial charge >= 0.3 is 0 Å². The van der Waals surface area contributed by atoms with Crippen LogP contribution < -0.4 is 4.90 Å². The highest BCUT2D eigenvalue weighted by molar-refractivity contribution is 5.46. The summed E-state index contributed by atoms with van der Waals surface area (Å²) in [4.78, 5) is 2.07. The highest BCUT2D eigenvalue weighted by Crippen LogP contribution is 2.15. The third-order valence-corrected chi connectivity index (χ3v) is 3.25. The minimum absolute atomic E-state index is 0.106. The number of hydrogen-bond acceptors (Lipinski definition) is 5. The van der Waals surface area contributed by atoms with E-state index in [1.54, 1.807) is 0 Å². The zero-order valence-electron chi connectivity index (χ0n) is 14.8. The van der Waals surface area contributed by atoms with Gasteiger partial charge in [-0.3, -0.25) is 0 Å². The van der Waals surface area contributed by atoms with Crippen LogP contribution in [-0.2, 0) is 14.2 Å². The van der Waals surface area contributed by atoms with Crippen LogP contribution in [0.15, 0.2) is 30.3 Å². The van der Waals surface area contributed by atoms with Crippen molar-refractivity contribution in [2.45, 2.75) is 46.2 Å². The van der Waals surface area contributed by atoms with Gasteiger partial charge in [-0.1, -0.05) is 18.2 Å². The Labute approximate surface area is 140 Å². The van der Waals surface area contributed by atoms with Crippen molar-refractivity contribution in [2.75, 3.05) is 37.8 Å². The fourth-order valence-corrected chi connectivity index (χ4v) is 2.24. The summed E-state index contributed by atoms with van der Waals surface area (Å²) >= 11 is 0. The monoisotopic (exact) mass is 325 g/mol. The van der Waals surface area contributed by atoms with E-state index in [1.807, 2.05) is 58.0 Å². The average molecular weight is 325 g/mol. The van der Waals surface area contributed by atoms with Crippen molar-refractivity contribution in [2.24, 2.45) is 0 Å². The maximum absolute atomic E-state index is 10.3. The summed E-state index contributed by atoms with van der Waals surface area (Å²) in [6.45, 7) is 10.3. The number of benzene rings is 1. The van der Waals surface area contributed by atoms with Crippen LogP contribution in [0.2, 0.25) is 0 Å². The predicted molar refractivity (Wildman–Crippen MR) is 92.8 cm³/mol. The normalized spacial score (nSPS) is 12.8. The first kappa shape index (κ1) is 19.9. The Kier molecular flexibility index (Phi) is 9.87. The zero-order valence-corrected chi connectivity index (χ0v) is 14.8. The van der Waals surface area contributed by atoms with Crippen LogP contribution in [0, 0.1) is 0 Å². The Morgan fingerprint density at radius 1 is 0.957 bits per heavy atom. The summed E-state index contributed by atoms with van der Waals surface area (Å²) in [5.41, 5.74) is 1.03. The molecule has 0 amide bonds. The molecule has 0 aliphatic rings. The molecule has 0 heterocycles. The Balaban J connectivity index is 2.72. The molecule has 0 saturated carbocycles. The van der Waals surface area contributed by atoms with Crippen LogP contribution >= 0.6 is 0 Å². The molecule has 1 aromatic carbocycles. The van der Waals surface area contributed by atoms with Gasteiger partial charge in [0.2, 0.25) is 0 Å². The number of rotatable bonds is 12. The molecular formula is C18H31NO4. The van der Waals surface area contributed by atoms with Gasteiger partial charge in [-0.25, -0.2) is 0 Å². The van der Waals surface area contributed by atoms with E-state index in [0.717, 1.165) is 5.69 Å². The number of aliphatic hydroxyl groups is 1. The van der Waals surface area contributed by atoms with Gasteiger partial charge in [0.05, 0.1) is 25.4 Å². The summed E-state index contributed by atoms with van der Waals surface area (Å²) in [6.07, 6.45) is -0.778. The molecule has 5 heteroatoms. The first-order chi connectivity index (χ1) is 11.1. The van der Waals surface area contributed by atoms with Crippen LogP contribution in [0.25, 0.3) is 0 Å². The molecule has 0 bridgehead atoms. The van der Waals surface area contributed by atoms with E-state index in [0.29, 0.717) is 32.9 Å². The standard InChI is InChI=1S/C18H31NO4/c1-5-21-18(22-6-2)13-19(16-10-8-7-9-11-16)12-17(20)14-23-15(3)4/h7-11,15,17-18,20H,5-6,12-14H2,1-4H3. The Bertz CT molecular complexity index is 393. The molecule has 1 aromatic rings. The van der Waals surface area contributed by atoms with Crippen molar-refractivity contribution < 1.29 is 19.3 Å². The maximum Gasteiger partial charge on any atom is 0.174 e. The van der Waals surface area contributed by atoms with Crippen molar-refractivity contribution in [3.05, 3.63) is 30.3 Å². The molecule has 0 aromatic heterocycles. The minimum atomic E-state index is -0.568. The van der Waals surface area contributed by atoms with E-state index in [2.05, 4.69) is 4.90 Å². The highest BCUT2D eigenvalue weighted by atomic mass is 16.7. The molecule has 1 unspecified atom stereocenters. The molecule has 5 nitrogen and oxygen atoms in total. The van der Waals surface area contributed by atoms with Crippen LogP contribution in [0.5, 0.6) is 0 Å². The molecule has 0 radical (unpaired) electrons. The molecular weight excluding hydrogens is 294 g/mol. The fraction of sp³-hybridized carbons (Fsp3) is 0.667. The molecule has 0 saturated heterocycles. The number of para-hydroxylation sites is 1. The first-order valence-electron chi connectivity index (χ1n) is 8.39. The molecule has 0 fully saturated rings. The Hall–Kier alpha value is -1.14. The number of ether oxygens (including phenoxy) is 3. The third kappa shape index (κ3) is 8.32. The van der Waals surface area contributed by atoms with Crippen LogP contribution in [-0.4, -0.2) is 56.5 Å². The van der Waals surface area contributed by atoms with Gasteiger partial charge in [0.25, 0.3) is 0 Å². The van der Waals surface area contributed by atoms with E-state index in [9.17, 15) is 5.11 Å². The summed E-state index contributed by atoms with van der Waals surface area (Å²) in [7, 11) is 0. The van der Waals surface area contributed by atoms with Crippen LogP contribution in [0.4, 0.5) is 5.69 Å². The third-order valence-electron chi connectivity index (χ3n) is 3.25. The number of nitrogens with zero attached hydrogens (tertiary/aromatic N) is 1. The van der Waals surface area contributed by atoms with Crippen LogP contribution in [0.3, 0.4) is 0 Å². The highest BCUT2D eigenvalue weighted by Gasteiger charge is 2.18. The summed E-state index contributed by atoms with van der Waals surface area (Å²) in [5, 5.41) is 10.3. The van der Waals surface area contributed by atoms with E-state index in [-0.39, 0.29) is 12.4 Å². The fourth-order valence-electron chi connectivity index (χ4n) is 2.24. The molecule has 1 rings (SSSR count). The summed E-state index contributed by atoms with van der Waals surface area (Å²) in [6, 6.07) is 9.98. The molecule has 0 aliphatic heterocycles.